The lowest BCUT2D eigenvalue weighted by Gasteiger charge is -2.32. The standard InChI is InChI=1S/C19H26FN3O3/c1-13(24)23-9-5-16(6-10-23)21-18(25)22-19(7-8-19)12-14-11-15(20)3-4-17(14)26-2/h3-4,11,16H,5-10,12H2,1-2H3,(H2,21,22,25). The van der Waals surface area contributed by atoms with Gasteiger partial charge < -0.3 is 20.3 Å². The minimum absolute atomic E-state index is 0.0742. The molecule has 0 atom stereocenters. The summed E-state index contributed by atoms with van der Waals surface area (Å²) in [7, 11) is 1.56. The van der Waals surface area contributed by atoms with E-state index in [1.54, 1.807) is 25.0 Å². The molecule has 0 bridgehead atoms. The van der Waals surface area contributed by atoms with Crippen LogP contribution in [0.2, 0.25) is 0 Å². The normalized spacial score (nSPS) is 19.0. The van der Waals surface area contributed by atoms with Gasteiger partial charge in [-0.3, -0.25) is 4.79 Å². The predicted octanol–water partition coefficient (Wildman–Crippen LogP) is 2.22. The fourth-order valence-corrected chi connectivity index (χ4v) is 3.55. The van der Waals surface area contributed by atoms with E-state index in [0.29, 0.717) is 25.3 Å². The molecule has 2 aliphatic rings. The van der Waals surface area contributed by atoms with Crippen LogP contribution in [0.1, 0.15) is 38.2 Å². The number of carbonyl (C=O) groups is 2. The van der Waals surface area contributed by atoms with Gasteiger partial charge in [-0.2, -0.15) is 0 Å². The van der Waals surface area contributed by atoms with E-state index in [-0.39, 0.29) is 29.3 Å². The number of nitrogens with one attached hydrogen (secondary N) is 2. The highest BCUT2D eigenvalue weighted by molar-refractivity contribution is 5.76. The maximum absolute atomic E-state index is 13.6. The molecule has 1 saturated heterocycles. The summed E-state index contributed by atoms with van der Waals surface area (Å²) in [6.45, 7) is 2.91. The second kappa shape index (κ2) is 7.51. The fraction of sp³-hybridized carbons (Fsp3) is 0.579. The van der Waals surface area contributed by atoms with Gasteiger partial charge in [0.05, 0.1) is 7.11 Å². The highest BCUT2D eigenvalue weighted by Gasteiger charge is 2.44. The molecule has 1 aromatic carbocycles. The molecule has 1 saturated carbocycles. The second-order valence-corrected chi connectivity index (χ2v) is 7.29. The van der Waals surface area contributed by atoms with E-state index in [4.69, 9.17) is 4.74 Å². The zero-order valence-corrected chi connectivity index (χ0v) is 15.3. The zero-order valence-electron chi connectivity index (χ0n) is 15.3. The first-order chi connectivity index (χ1) is 12.4. The minimum Gasteiger partial charge on any atom is -0.496 e. The molecular weight excluding hydrogens is 337 g/mol. The molecule has 2 N–H and O–H groups in total. The van der Waals surface area contributed by atoms with Crippen molar-refractivity contribution in [3.8, 4) is 5.75 Å². The number of hydrogen-bond donors (Lipinski definition) is 2. The van der Waals surface area contributed by atoms with Gasteiger partial charge in [0.2, 0.25) is 5.91 Å². The average molecular weight is 363 g/mol. The van der Waals surface area contributed by atoms with E-state index in [0.717, 1.165) is 31.2 Å². The lowest BCUT2D eigenvalue weighted by atomic mass is 10.0. The van der Waals surface area contributed by atoms with Crippen molar-refractivity contribution >= 4 is 11.9 Å². The smallest absolute Gasteiger partial charge is 0.315 e. The first kappa shape index (κ1) is 18.5. The Balaban J connectivity index is 1.53. The summed E-state index contributed by atoms with van der Waals surface area (Å²) in [6.07, 6.45) is 3.80. The summed E-state index contributed by atoms with van der Waals surface area (Å²) >= 11 is 0. The summed E-state index contributed by atoms with van der Waals surface area (Å²) in [5, 5.41) is 6.07. The number of halogens is 1. The topological polar surface area (TPSA) is 70.7 Å². The molecule has 142 valence electrons. The molecule has 6 nitrogen and oxygen atoms in total. The van der Waals surface area contributed by atoms with Gasteiger partial charge in [-0.25, -0.2) is 9.18 Å². The molecule has 0 unspecified atom stereocenters. The Labute approximate surface area is 153 Å². The van der Waals surface area contributed by atoms with Crippen LogP contribution in [0, 0.1) is 5.82 Å². The molecule has 1 aliphatic carbocycles. The van der Waals surface area contributed by atoms with Crippen LogP contribution in [0.25, 0.3) is 0 Å². The number of piperidine rings is 1. The van der Waals surface area contributed by atoms with Gasteiger partial charge in [-0.1, -0.05) is 0 Å². The van der Waals surface area contributed by atoms with Crippen molar-refractivity contribution in [2.45, 2.75) is 50.6 Å². The second-order valence-electron chi connectivity index (χ2n) is 7.29. The molecule has 2 fully saturated rings. The molecule has 1 heterocycles. The lowest BCUT2D eigenvalue weighted by Crippen LogP contribution is -2.51. The van der Waals surface area contributed by atoms with Gasteiger partial charge in [0.15, 0.2) is 0 Å². The molecule has 0 radical (unpaired) electrons. The van der Waals surface area contributed by atoms with E-state index >= 15 is 0 Å². The largest absolute Gasteiger partial charge is 0.496 e. The van der Waals surface area contributed by atoms with E-state index in [9.17, 15) is 14.0 Å². The minimum atomic E-state index is -0.328. The number of amides is 3. The van der Waals surface area contributed by atoms with E-state index in [2.05, 4.69) is 10.6 Å². The first-order valence-corrected chi connectivity index (χ1v) is 9.07. The Morgan fingerprint density at radius 3 is 2.58 bits per heavy atom. The SMILES string of the molecule is COc1ccc(F)cc1CC1(NC(=O)NC2CCN(C(C)=O)CC2)CC1. The van der Waals surface area contributed by atoms with Gasteiger partial charge in [0.25, 0.3) is 0 Å². The maximum atomic E-state index is 13.6. The molecule has 3 rings (SSSR count). The summed E-state index contributed by atoms with van der Waals surface area (Å²) < 4.78 is 18.9. The Morgan fingerprint density at radius 2 is 2.00 bits per heavy atom. The molecule has 0 spiro atoms. The van der Waals surface area contributed by atoms with Crippen molar-refractivity contribution in [1.82, 2.24) is 15.5 Å². The van der Waals surface area contributed by atoms with Gasteiger partial charge in [-0.05, 0) is 55.9 Å². The van der Waals surface area contributed by atoms with Crippen LogP contribution in [0.3, 0.4) is 0 Å². The fourth-order valence-electron chi connectivity index (χ4n) is 3.55. The molecule has 0 aromatic heterocycles. The van der Waals surface area contributed by atoms with Crippen molar-refractivity contribution in [2.75, 3.05) is 20.2 Å². The number of methoxy groups -OCH3 is 1. The van der Waals surface area contributed by atoms with Crippen LogP contribution in [-0.2, 0) is 11.2 Å². The number of hydrogen-bond acceptors (Lipinski definition) is 3. The number of benzene rings is 1. The molecule has 26 heavy (non-hydrogen) atoms. The van der Waals surface area contributed by atoms with E-state index in [1.165, 1.54) is 12.1 Å². The summed E-state index contributed by atoms with van der Waals surface area (Å²) in [6, 6.07) is 4.33. The molecule has 1 aromatic rings. The van der Waals surface area contributed by atoms with E-state index < -0.39 is 0 Å². The molecule has 3 amide bonds. The lowest BCUT2D eigenvalue weighted by molar-refractivity contribution is -0.129. The number of rotatable bonds is 5. The van der Waals surface area contributed by atoms with Crippen LogP contribution < -0.4 is 15.4 Å². The van der Waals surface area contributed by atoms with Gasteiger partial charge >= 0.3 is 6.03 Å². The van der Waals surface area contributed by atoms with Gasteiger partial charge in [0, 0.05) is 31.6 Å². The molecular formula is C19H26FN3O3. The van der Waals surface area contributed by atoms with Crippen molar-refractivity contribution in [3.05, 3.63) is 29.6 Å². The van der Waals surface area contributed by atoms with Crippen LogP contribution in [-0.4, -0.2) is 48.6 Å². The molecule has 7 heteroatoms. The van der Waals surface area contributed by atoms with Crippen molar-refractivity contribution in [3.63, 3.8) is 0 Å². The number of ether oxygens (including phenoxy) is 1. The van der Waals surface area contributed by atoms with Crippen molar-refractivity contribution < 1.29 is 18.7 Å². The predicted molar refractivity (Wildman–Crippen MR) is 95.6 cm³/mol. The van der Waals surface area contributed by atoms with Gasteiger partial charge in [-0.15, -0.1) is 0 Å². The van der Waals surface area contributed by atoms with E-state index in [1.807, 2.05) is 0 Å². The third kappa shape index (κ3) is 4.45. The quantitative estimate of drug-likeness (QED) is 0.843. The Bertz CT molecular complexity index is 683. The summed E-state index contributed by atoms with van der Waals surface area (Å²) in [5.41, 5.74) is 0.436. The average Bonchev–Trinajstić information content (AvgIpc) is 3.34. The highest BCUT2D eigenvalue weighted by Crippen LogP contribution is 2.40. The van der Waals surface area contributed by atoms with Crippen LogP contribution in [0.4, 0.5) is 9.18 Å². The monoisotopic (exact) mass is 363 g/mol. The van der Waals surface area contributed by atoms with Crippen molar-refractivity contribution in [2.24, 2.45) is 0 Å². The van der Waals surface area contributed by atoms with Crippen molar-refractivity contribution in [1.29, 1.82) is 0 Å². The number of urea groups is 1. The Morgan fingerprint density at radius 1 is 1.31 bits per heavy atom. The Kier molecular flexibility index (Phi) is 5.34. The highest BCUT2D eigenvalue weighted by atomic mass is 19.1. The number of carbonyl (C=O) groups excluding carboxylic acids is 2. The Hall–Kier alpha value is -2.31. The van der Waals surface area contributed by atoms with Crippen LogP contribution in [0.15, 0.2) is 18.2 Å². The van der Waals surface area contributed by atoms with Gasteiger partial charge in [0.1, 0.15) is 11.6 Å². The van der Waals surface area contributed by atoms with Crippen LogP contribution >= 0.6 is 0 Å². The maximum Gasteiger partial charge on any atom is 0.315 e. The number of nitrogens with zero attached hydrogens (tertiary/aromatic N) is 1. The zero-order chi connectivity index (χ0) is 18.7. The third-order valence-corrected chi connectivity index (χ3v) is 5.28. The van der Waals surface area contributed by atoms with Crippen LogP contribution in [0.5, 0.6) is 5.75 Å². The first-order valence-electron chi connectivity index (χ1n) is 9.07. The third-order valence-electron chi connectivity index (χ3n) is 5.28. The summed E-state index contributed by atoms with van der Waals surface area (Å²) in [5.74, 6) is 0.406. The summed E-state index contributed by atoms with van der Waals surface area (Å²) in [4.78, 5) is 25.5. The number of likely N-dealkylation sites (tertiary alicyclic amines) is 1. The molecule has 1 aliphatic heterocycles.